The molecule has 1 aliphatic heterocycles. The minimum atomic E-state index is 0.117. The zero-order valence-corrected chi connectivity index (χ0v) is 10.2. The number of ketones is 1. The molecule has 0 aromatic rings. The molecule has 0 aliphatic carbocycles. The molecule has 0 saturated carbocycles. The maximum Gasteiger partial charge on any atom is 0.155 e. The van der Waals surface area contributed by atoms with E-state index in [2.05, 4.69) is 18.7 Å². The van der Waals surface area contributed by atoms with Gasteiger partial charge < -0.3 is 9.64 Å². The molecule has 0 radical (unpaired) electrons. The summed E-state index contributed by atoms with van der Waals surface area (Å²) in [6.45, 7) is 9.39. The summed E-state index contributed by atoms with van der Waals surface area (Å²) in [5.41, 5.74) is 0. The molecule has 1 saturated heterocycles. The van der Waals surface area contributed by atoms with Gasteiger partial charge in [-0.05, 0) is 46.1 Å². The average Bonchev–Trinajstić information content (AvgIpc) is 2.17. The summed E-state index contributed by atoms with van der Waals surface area (Å²) in [6, 6.07) is 0.626. The van der Waals surface area contributed by atoms with Crippen molar-refractivity contribution in [2.75, 3.05) is 26.3 Å². The van der Waals surface area contributed by atoms with Crippen LogP contribution in [0.15, 0.2) is 0 Å². The van der Waals surface area contributed by atoms with E-state index >= 15 is 0 Å². The molecular formula is C12H23NO2. The van der Waals surface area contributed by atoms with Crippen LogP contribution in [-0.4, -0.2) is 43.0 Å². The maximum atomic E-state index is 10.7. The Labute approximate surface area is 92.8 Å². The van der Waals surface area contributed by atoms with Crippen LogP contribution < -0.4 is 0 Å². The highest BCUT2D eigenvalue weighted by atomic mass is 16.5. The summed E-state index contributed by atoms with van der Waals surface area (Å²) in [7, 11) is 0. The van der Waals surface area contributed by atoms with E-state index in [4.69, 9.17) is 4.74 Å². The fourth-order valence-electron chi connectivity index (χ4n) is 2.07. The molecule has 1 heterocycles. The minimum Gasteiger partial charge on any atom is -0.373 e. The first-order valence-electron chi connectivity index (χ1n) is 5.91. The number of likely N-dealkylation sites (tertiary alicyclic amines) is 1. The van der Waals surface area contributed by atoms with Gasteiger partial charge in [-0.3, -0.25) is 4.79 Å². The van der Waals surface area contributed by atoms with Crippen molar-refractivity contribution in [2.45, 2.75) is 39.7 Å². The van der Waals surface area contributed by atoms with Crippen LogP contribution in [0, 0.1) is 5.92 Å². The second kappa shape index (κ2) is 6.23. The number of rotatable bonds is 5. The van der Waals surface area contributed by atoms with Crippen LogP contribution in [0.4, 0.5) is 0 Å². The number of hydrogen-bond donors (Lipinski definition) is 0. The number of piperidine rings is 1. The Bertz CT molecular complexity index is 204. The van der Waals surface area contributed by atoms with E-state index in [0.717, 1.165) is 13.2 Å². The lowest BCUT2D eigenvalue weighted by atomic mass is 9.98. The Hall–Kier alpha value is -0.410. The largest absolute Gasteiger partial charge is 0.373 e. The lowest BCUT2D eigenvalue weighted by molar-refractivity contribution is -0.122. The van der Waals surface area contributed by atoms with Crippen LogP contribution in [0.2, 0.25) is 0 Å². The normalized spacial score (nSPS) is 23.3. The van der Waals surface area contributed by atoms with Crippen LogP contribution >= 0.6 is 0 Å². The van der Waals surface area contributed by atoms with Gasteiger partial charge in [-0.1, -0.05) is 0 Å². The second-order valence-electron chi connectivity index (χ2n) is 4.81. The predicted octanol–water partition coefficient (Wildman–Crippen LogP) is 1.71. The van der Waals surface area contributed by atoms with Gasteiger partial charge in [0, 0.05) is 12.6 Å². The van der Waals surface area contributed by atoms with Gasteiger partial charge in [-0.2, -0.15) is 0 Å². The summed E-state index contributed by atoms with van der Waals surface area (Å²) in [5.74, 6) is 0.729. The highest BCUT2D eigenvalue weighted by molar-refractivity contribution is 5.76. The molecule has 1 rings (SSSR count). The summed E-state index contributed by atoms with van der Waals surface area (Å²) in [5, 5.41) is 0. The van der Waals surface area contributed by atoms with Gasteiger partial charge in [-0.15, -0.1) is 0 Å². The van der Waals surface area contributed by atoms with Crippen molar-refractivity contribution in [3.05, 3.63) is 0 Å². The first kappa shape index (κ1) is 12.7. The van der Waals surface area contributed by atoms with Crippen molar-refractivity contribution < 1.29 is 9.53 Å². The molecule has 0 aromatic heterocycles. The predicted molar refractivity (Wildman–Crippen MR) is 60.9 cm³/mol. The van der Waals surface area contributed by atoms with Gasteiger partial charge in [0.1, 0.15) is 6.61 Å². The van der Waals surface area contributed by atoms with Gasteiger partial charge >= 0.3 is 0 Å². The van der Waals surface area contributed by atoms with E-state index in [1.165, 1.54) is 19.4 Å². The molecule has 0 unspecified atom stereocenters. The van der Waals surface area contributed by atoms with Crippen LogP contribution in [-0.2, 0) is 9.53 Å². The Morgan fingerprint density at radius 1 is 1.53 bits per heavy atom. The highest BCUT2D eigenvalue weighted by Crippen LogP contribution is 2.18. The molecular weight excluding hydrogens is 190 g/mol. The third-order valence-electron chi connectivity index (χ3n) is 2.94. The van der Waals surface area contributed by atoms with E-state index in [0.29, 0.717) is 12.0 Å². The third kappa shape index (κ3) is 4.76. The SMILES string of the molecule is CC(=O)COC[C@H]1CCCN(C(C)C)C1. The topological polar surface area (TPSA) is 29.5 Å². The molecule has 0 N–H and O–H groups in total. The number of nitrogens with zero attached hydrogens (tertiary/aromatic N) is 1. The van der Waals surface area contributed by atoms with Crippen molar-refractivity contribution in [1.82, 2.24) is 4.90 Å². The Balaban J connectivity index is 2.21. The van der Waals surface area contributed by atoms with Gasteiger partial charge in [-0.25, -0.2) is 0 Å². The van der Waals surface area contributed by atoms with E-state index in [1.54, 1.807) is 6.92 Å². The van der Waals surface area contributed by atoms with Crippen molar-refractivity contribution in [3.8, 4) is 0 Å². The van der Waals surface area contributed by atoms with Crippen LogP contribution in [0.25, 0.3) is 0 Å². The van der Waals surface area contributed by atoms with Crippen molar-refractivity contribution >= 4 is 5.78 Å². The van der Waals surface area contributed by atoms with E-state index < -0.39 is 0 Å². The third-order valence-corrected chi connectivity index (χ3v) is 2.94. The second-order valence-corrected chi connectivity index (χ2v) is 4.81. The van der Waals surface area contributed by atoms with Crippen LogP contribution in [0.5, 0.6) is 0 Å². The molecule has 0 aromatic carbocycles. The number of ether oxygens (including phenoxy) is 1. The first-order valence-corrected chi connectivity index (χ1v) is 5.91. The maximum absolute atomic E-state index is 10.7. The Kier molecular flexibility index (Phi) is 5.26. The Morgan fingerprint density at radius 2 is 2.27 bits per heavy atom. The van der Waals surface area contributed by atoms with Crippen LogP contribution in [0.3, 0.4) is 0 Å². The van der Waals surface area contributed by atoms with Gasteiger partial charge in [0.2, 0.25) is 0 Å². The number of hydrogen-bond acceptors (Lipinski definition) is 3. The lowest BCUT2D eigenvalue weighted by Crippen LogP contribution is -2.41. The monoisotopic (exact) mass is 213 g/mol. The molecule has 88 valence electrons. The number of carbonyl (C=O) groups excluding carboxylic acids is 1. The zero-order valence-electron chi connectivity index (χ0n) is 10.2. The van der Waals surface area contributed by atoms with E-state index in [1.807, 2.05) is 0 Å². The van der Waals surface area contributed by atoms with Crippen molar-refractivity contribution in [1.29, 1.82) is 0 Å². The van der Waals surface area contributed by atoms with Gasteiger partial charge in [0.25, 0.3) is 0 Å². The molecule has 0 amide bonds. The molecule has 3 heteroatoms. The molecule has 15 heavy (non-hydrogen) atoms. The van der Waals surface area contributed by atoms with E-state index in [9.17, 15) is 4.79 Å². The van der Waals surface area contributed by atoms with Gasteiger partial charge in [0.15, 0.2) is 5.78 Å². The first-order chi connectivity index (χ1) is 7.09. The smallest absolute Gasteiger partial charge is 0.155 e. The Morgan fingerprint density at radius 3 is 2.87 bits per heavy atom. The molecule has 3 nitrogen and oxygen atoms in total. The summed E-state index contributed by atoms with van der Waals surface area (Å²) in [4.78, 5) is 13.2. The zero-order chi connectivity index (χ0) is 11.3. The standard InChI is InChI=1S/C12H23NO2/c1-10(2)13-6-4-5-12(7-13)9-15-8-11(3)14/h10,12H,4-9H2,1-3H3/t12-/m0/s1. The quantitative estimate of drug-likeness (QED) is 0.696. The van der Waals surface area contributed by atoms with Gasteiger partial charge in [0.05, 0.1) is 6.61 Å². The summed E-state index contributed by atoms with van der Waals surface area (Å²) < 4.78 is 5.39. The van der Waals surface area contributed by atoms with Crippen molar-refractivity contribution in [2.24, 2.45) is 5.92 Å². The summed E-state index contributed by atoms with van der Waals surface area (Å²) >= 11 is 0. The number of carbonyl (C=O) groups is 1. The fourth-order valence-corrected chi connectivity index (χ4v) is 2.07. The highest BCUT2D eigenvalue weighted by Gasteiger charge is 2.21. The molecule has 1 aliphatic rings. The van der Waals surface area contributed by atoms with Crippen molar-refractivity contribution in [3.63, 3.8) is 0 Å². The fraction of sp³-hybridized carbons (Fsp3) is 0.917. The summed E-state index contributed by atoms with van der Waals surface area (Å²) in [6.07, 6.45) is 2.49. The lowest BCUT2D eigenvalue weighted by Gasteiger charge is -2.35. The number of Topliss-reactive ketones (excluding diaryl/α,β-unsaturated/α-hetero) is 1. The molecule has 1 atom stereocenters. The van der Waals surface area contributed by atoms with E-state index in [-0.39, 0.29) is 12.4 Å². The average molecular weight is 213 g/mol. The molecule has 1 fully saturated rings. The molecule has 0 bridgehead atoms. The van der Waals surface area contributed by atoms with Crippen LogP contribution in [0.1, 0.15) is 33.6 Å². The molecule has 0 spiro atoms. The minimum absolute atomic E-state index is 0.117.